The molecule has 1 aliphatic heterocycles. The van der Waals surface area contributed by atoms with Crippen molar-refractivity contribution in [2.45, 2.75) is 0 Å². The van der Waals surface area contributed by atoms with Crippen molar-refractivity contribution >= 4 is 11.7 Å². The molecule has 1 aromatic rings. The molecule has 0 unspecified atom stereocenters. The molecule has 0 radical (unpaired) electrons. The van der Waals surface area contributed by atoms with E-state index in [1.54, 1.807) is 18.3 Å². The Hall–Kier alpha value is -2.10. The Bertz CT molecular complexity index is 423. The average Bonchev–Trinajstić information content (AvgIpc) is 2.30. The number of hydrogen-bond acceptors (Lipinski definition) is 3. The number of carbonyl (C=O) groups is 1. The average molecular weight is 201 g/mol. The molecule has 0 saturated carbocycles. The van der Waals surface area contributed by atoms with Gasteiger partial charge in [-0.1, -0.05) is 12.1 Å². The maximum Gasteiger partial charge on any atom is 0.248 e. The predicted molar refractivity (Wildman–Crippen MR) is 58.0 cm³/mol. The zero-order valence-corrected chi connectivity index (χ0v) is 8.13. The third-order valence-corrected chi connectivity index (χ3v) is 2.17. The van der Waals surface area contributed by atoms with E-state index in [0.29, 0.717) is 12.1 Å². The molecule has 15 heavy (non-hydrogen) atoms. The second kappa shape index (κ2) is 3.96. The number of carbonyl (C=O) groups excluding carboxylic acids is 1. The maximum absolute atomic E-state index is 10.9. The molecule has 0 aromatic carbocycles. The first-order valence-electron chi connectivity index (χ1n) is 4.63. The molecule has 1 amide bonds. The van der Waals surface area contributed by atoms with E-state index in [9.17, 15) is 4.79 Å². The van der Waals surface area contributed by atoms with E-state index < -0.39 is 5.91 Å². The number of rotatable bonds is 2. The second-order valence-electron chi connectivity index (χ2n) is 3.18. The van der Waals surface area contributed by atoms with Gasteiger partial charge in [0.25, 0.3) is 0 Å². The molecule has 0 atom stereocenters. The molecule has 0 aliphatic carbocycles. The Morgan fingerprint density at radius 1 is 1.47 bits per heavy atom. The standard InChI is InChI=1S/C11H11N3O/c12-11(15)9-4-7-14(8-5-9)10-3-1-2-6-13-10/h1-7H,8H2,(H2,12,15). The molecule has 76 valence electrons. The highest BCUT2D eigenvalue weighted by atomic mass is 16.1. The molecule has 2 N–H and O–H groups in total. The lowest BCUT2D eigenvalue weighted by molar-refractivity contribution is -0.114. The first-order valence-corrected chi connectivity index (χ1v) is 4.63. The van der Waals surface area contributed by atoms with Crippen LogP contribution in [0.4, 0.5) is 5.82 Å². The van der Waals surface area contributed by atoms with Crippen LogP contribution in [0.3, 0.4) is 0 Å². The van der Waals surface area contributed by atoms with Crippen molar-refractivity contribution in [1.82, 2.24) is 4.98 Å². The van der Waals surface area contributed by atoms with Crippen LogP contribution < -0.4 is 10.6 Å². The molecule has 1 aliphatic rings. The third-order valence-electron chi connectivity index (χ3n) is 2.17. The van der Waals surface area contributed by atoms with E-state index in [1.165, 1.54) is 0 Å². The van der Waals surface area contributed by atoms with Crippen molar-refractivity contribution < 1.29 is 4.79 Å². The normalized spacial score (nSPS) is 14.9. The Labute approximate surface area is 87.7 Å². The van der Waals surface area contributed by atoms with Crippen LogP contribution in [0, 0.1) is 0 Å². The molecule has 2 rings (SSSR count). The molecule has 0 spiro atoms. The Balaban J connectivity index is 2.14. The van der Waals surface area contributed by atoms with E-state index in [0.717, 1.165) is 5.82 Å². The van der Waals surface area contributed by atoms with E-state index >= 15 is 0 Å². The highest BCUT2D eigenvalue weighted by Gasteiger charge is 2.09. The molecular formula is C11H11N3O. The lowest BCUT2D eigenvalue weighted by Crippen LogP contribution is -2.23. The third kappa shape index (κ3) is 2.04. The number of pyridine rings is 1. The van der Waals surface area contributed by atoms with Gasteiger partial charge in [0.15, 0.2) is 0 Å². The van der Waals surface area contributed by atoms with Gasteiger partial charge in [-0.2, -0.15) is 0 Å². The minimum Gasteiger partial charge on any atom is -0.366 e. The highest BCUT2D eigenvalue weighted by molar-refractivity contribution is 5.95. The van der Waals surface area contributed by atoms with Crippen LogP contribution in [0.25, 0.3) is 0 Å². The molecule has 0 saturated heterocycles. The maximum atomic E-state index is 10.9. The fourth-order valence-corrected chi connectivity index (χ4v) is 1.37. The summed E-state index contributed by atoms with van der Waals surface area (Å²) in [5.41, 5.74) is 5.70. The second-order valence-corrected chi connectivity index (χ2v) is 3.18. The largest absolute Gasteiger partial charge is 0.366 e. The van der Waals surface area contributed by atoms with Crippen LogP contribution >= 0.6 is 0 Å². The molecule has 4 nitrogen and oxygen atoms in total. The number of hydrogen-bond donors (Lipinski definition) is 1. The van der Waals surface area contributed by atoms with Crippen molar-refractivity contribution in [2.75, 3.05) is 11.4 Å². The Morgan fingerprint density at radius 3 is 2.87 bits per heavy atom. The summed E-state index contributed by atoms with van der Waals surface area (Å²) < 4.78 is 0. The summed E-state index contributed by atoms with van der Waals surface area (Å²) in [5.74, 6) is 0.459. The Kier molecular flexibility index (Phi) is 2.49. The lowest BCUT2D eigenvalue weighted by atomic mass is 10.2. The molecule has 0 fully saturated rings. The van der Waals surface area contributed by atoms with Crippen LogP contribution in [-0.4, -0.2) is 17.4 Å². The first-order chi connectivity index (χ1) is 7.27. The molecule has 4 heteroatoms. The van der Waals surface area contributed by atoms with Gasteiger partial charge in [0, 0.05) is 24.5 Å². The van der Waals surface area contributed by atoms with Crippen molar-refractivity contribution in [3.8, 4) is 0 Å². The van der Waals surface area contributed by atoms with Crippen molar-refractivity contribution in [2.24, 2.45) is 5.73 Å². The van der Waals surface area contributed by atoms with Gasteiger partial charge in [-0.3, -0.25) is 4.79 Å². The minimum absolute atomic E-state index is 0.396. The SMILES string of the molecule is NC(=O)C1=CCN(c2ccccn2)C=C1. The lowest BCUT2D eigenvalue weighted by Gasteiger charge is -2.20. The molecule has 2 heterocycles. The smallest absolute Gasteiger partial charge is 0.248 e. The molecule has 0 bridgehead atoms. The number of nitrogens with two attached hydrogens (primary N) is 1. The Morgan fingerprint density at radius 2 is 2.33 bits per heavy atom. The summed E-state index contributed by atoms with van der Waals surface area (Å²) in [4.78, 5) is 17.0. The van der Waals surface area contributed by atoms with Crippen LogP contribution in [-0.2, 0) is 4.79 Å². The number of amides is 1. The molecular weight excluding hydrogens is 190 g/mol. The van der Waals surface area contributed by atoms with Crippen LogP contribution in [0.1, 0.15) is 0 Å². The van der Waals surface area contributed by atoms with Gasteiger partial charge < -0.3 is 10.6 Å². The van der Waals surface area contributed by atoms with Gasteiger partial charge in [0.2, 0.25) is 5.91 Å². The van der Waals surface area contributed by atoms with Crippen LogP contribution in [0.2, 0.25) is 0 Å². The van der Waals surface area contributed by atoms with Gasteiger partial charge in [-0.15, -0.1) is 0 Å². The van der Waals surface area contributed by atoms with E-state index in [2.05, 4.69) is 4.98 Å². The summed E-state index contributed by atoms with van der Waals surface area (Å²) in [7, 11) is 0. The van der Waals surface area contributed by atoms with E-state index in [1.807, 2.05) is 29.3 Å². The quantitative estimate of drug-likeness (QED) is 0.770. The van der Waals surface area contributed by atoms with Gasteiger partial charge in [0.05, 0.1) is 0 Å². The van der Waals surface area contributed by atoms with Crippen molar-refractivity contribution in [3.63, 3.8) is 0 Å². The highest BCUT2D eigenvalue weighted by Crippen LogP contribution is 2.14. The summed E-state index contributed by atoms with van der Waals surface area (Å²) in [6.07, 6.45) is 7.02. The fraction of sp³-hybridized carbons (Fsp3) is 0.0909. The van der Waals surface area contributed by atoms with Gasteiger partial charge in [-0.05, 0) is 18.2 Å². The topological polar surface area (TPSA) is 59.2 Å². The number of nitrogens with zero attached hydrogens (tertiary/aromatic N) is 2. The summed E-state index contributed by atoms with van der Waals surface area (Å²) in [6.45, 7) is 0.617. The van der Waals surface area contributed by atoms with Crippen molar-refractivity contribution in [3.05, 3.63) is 48.3 Å². The summed E-state index contributed by atoms with van der Waals surface area (Å²) in [5, 5.41) is 0. The number of aromatic nitrogens is 1. The van der Waals surface area contributed by atoms with Gasteiger partial charge in [0.1, 0.15) is 5.82 Å². The molecule has 1 aromatic heterocycles. The monoisotopic (exact) mass is 201 g/mol. The van der Waals surface area contributed by atoms with E-state index in [4.69, 9.17) is 5.73 Å². The minimum atomic E-state index is -0.396. The van der Waals surface area contributed by atoms with Gasteiger partial charge in [-0.25, -0.2) is 4.98 Å². The summed E-state index contributed by atoms with van der Waals surface area (Å²) >= 11 is 0. The zero-order chi connectivity index (χ0) is 10.7. The first kappa shape index (κ1) is 9.45. The fourth-order valence-electron chi connectivity index (χ4n) is 1.37. The zero-order valence-electron chi connectivity index (χ0n) is 8.13. The number of primary amides is 1. The predicted octanol–water partition coefficient (Wildman–Crippen LogP) is 0.827. The van der Waals surface area contributed by atoms with Gasteiger partial charge >= 0.3 is 0 Å². The van der Waals surface area contributed by atoms with Crippen LogP contribution in [0.15, 0.2) is 48.3 Å². The van der Waals surface area contributed by atoms with Crippen LogP contribution in [0.5, 0.6) is 0 Å². The number of anilines is 1. The summed E-state index contributed by atoms with van der Waals surface area (Å²) in [6, 6.07) is 5.69. The van der Waals surface area contributed by atoms with E-state index in [-0.39, 0.29) is 0 Å². The van der Waals surface area contributed by atoms with Crippen molar-refractivity contribution in [1.29, 1.82) is 0 Å².